The molecule has 0 heterocycles. The van der Waals surface area contributed by atoms with E-state index in [4.69, 9.17) is 17.3 Å². The van der Waals surface area contributed by atoms with Crippen molar-refractivity contribution in [3.8, 4) is 0 Å². The summed E-state index contributed by atoms with van der Waals surface area (Å²) in [5, 5.41) is 0.326. The molecular weight excluding hydrogens is 364 g/mol. The minimum atomic E-state index is -3.57. The van der Waals surface area contributed by atoms with Crippen molar-refractivity contribution in [3.63, 3.8) is 0 Å². The van der Waals surface area contributed by atoms with E-state index in [-0.39, 0.29) is 4.90 Å². The van der Waals surface area contributed by atoms with E-state index in [2.05, 4.69) is 15.9 Å². The van der Waals surface area contributed by atoms with Gasteiger partial charge in [0.05, 0.1) is 9.37 Å². The summed E-state index contributed by atoms with van der Waals surface area (Å²) in [6.45, 7) is 3.06. The monoisotopic (exact) mass is 380 g/mol. The number of hydrogen-bond donors (Lipinski definition) is 1. The first-order chi connectivity index (χ1) is 9.36. The summed E-state index contributed by atoms with van der Waals surface area (Å²) in [4.78, 5) is 0.150. The average molecular weight is 382 g/mol. The Morgan fingerprint density at radius 2 is 2.10 bits per heavy atom. The summed E-state index contributed by atoms with van der Waals surface area (Å²) in [7, 11) is -3.57. The maximum absolute atomic E-state index is 12.8. The van der Waals surface area contributed by atoms with Crippen molar-refractivity contribution in [3.05, 3.63) is 21.6 Å². The van der Waals surface area contributed by atoms with Gasteiger partial charge in [-0.05, 0) is 53.2 Å². The van der Waals surface area contributed by atoms with Crippen molar-refractivity contribution in [2.75, 3.05) is 18.8 Å². The highest BCUT2D eigenvalue weighted by atomic mass is 79.9. The second-order valence-corrected chi connectivity index (χ2v) is 8.25. The van der Waals surface area contributed by atoms with E-state index in [0.29, 0.717) is 34.2 Å². The van der Waals surface area contributed by atoms with E-state index in [0.717, 1.165) is 19.3 Å². The highest BCUT2D eigenvalue weighted by Gasteiger charge is 2.32. The molecule has 0 aromatic heterocycles. The number of rotatable bonds is 6. The van der Waals surface area contributed by atoms with Crippen LogP contribution in [0.15, 0.2) is 21.5 Å². The summed E-state index contributed by atoms with van der Waals surface area (Å²) in [5.41, 5.74) is 6.12. The molecule has 4 nitrogen and oxygen atoms in total. The quantitative estimate of drug-likeness (QED) is 0.767. The van der Waals surface area contributed by atoms with Gasteiger partial charge in [-0.2, -0.15) is 4.31 Å². The van der Waals surface area contributed by atoms with Crippen LogP contribution < -0.4 is 5.73 Å². The van der Waals surface area contributed by atoms with Gasteiger partial charge in [0, 0.05) is 23.8 Å². The number of nitrogen functional groups attached to an aromatic ring is 1. The Labute approximate surface area is 133 Å². The average Bonchev–Trinajstić information content (AvgIpc) is 3.17. The van der Waals surface area contributed by atoms with Gasteiger partial charge in [0.25, 0.3) is 0 Å². The fourth-order valence-electron chi connectivity index (χ4n) is 2.06. The zero-order valence-electron chi connectivity index (χ0n) is 11.3. The molecule has 20 heavy (non-hydrogen) atoms. The van der Waals surface area contributed by atoms with E-state index in [1.54, 1.807) is 4.31 Å². The van der Waals surface area contributed by atoms with Gasteiger partial charge in [-0.25, -0.2) is 8.42 Å². The lowest BCUT2D eigenvalue weighted by atomic mass is 10.3. The summed E-state index contributed by atoms with van der Waals surface area (Å²) in [6.07, 6.45) is 2.99. The predicted octanol–water partition coefficient (Wildman–Crippen LogP) is 3.50. The molecule has 0 saturated heterocycles. The number of nitrogens with two attached hydrogens (primary N) is 1. The van der Waals surface area contributed by atoms with Crippen LogP contribution in [-0.2, 0) is 10.0 Å². The molecule has 0 bridgehead atoms. The van der Waals surface area contributed by atoms with Crippen molar-refractivity contribution in [1.29, 1.82) is 0 Å². The predicted molar refractivity (Wildman–Crippen MR) is 85.3 cm³/mol. The van der Waals surface area contributed by atoms with Gasteiger partial charge in [0.1, 0.15) is 0 Å². The highest BCUT2D eigenvalue weighted by molar-refractivity contribution is 9.10. The Bertz CT molecular complexity index is 603. The van der Waals surface area contributed by atoms with Crippen LogP contribution >= 0.6 is 27.5 Å². The maximum Gasteiger partial charge on any atom is 0.244 e. The molecule has 7 heteroatoms. The van der Waals surface area contributed by atoms with Gasteiger partial charge in [-0.15, -0.1) is 0 Å². The third-order valence-corrected chi connectivity index (χ3v) is 6.54. The van der Waals surface area contributed by atoms with Gasteiger partial charge in [0.15, 0.2) is 0 Å². The van der Waals surface area contributed by atoms with E-state index < -0.39 is 10.0 Å². The molecule has 112 valence electrons. The topological polar surface area (TPSA) is 63.4 Å². The first kappa shape index (κ1) is 16.1. The summed E-state index contributed by atoms with van der Waals surface area (Å²) in [6, 6.07) is 2.99. The van der Waals surface area contributed by atoms with Crippen molar-refractivity contribution in [2.45, 2.75) is 31.1 Å². The normalized spacial score (nSPS) is 15.8. The van der Waals surface area contributed by atoms with E-state index >= 15 is 0 Å². The zero-order chi connectivity index (χ0) is 14.9. The molecule has 0 atom stereocenters. The molecule has 1 aliphatic rings. The van der Waals surface area contributed by atoms with E-state index in [1.165, 1.54) is 12.1 Å². The number of benzene rings is 1. The lowest BCUT2D eigenvalue weighted by Gasteiger charge is -2.22. The fourth-order valence-corrected chi connectivity index (χ4v) is 4.92. The van der Waals surface area contributed by atoms with Crippen LogP contribution in [0.1, 0.15) is 26.2 Å². The maximum atomic E-state index is 12.8. The standard InChI is InChI=1S/C13H18BrClN2O2S/c1-2-5-17(8-9-3-4-9)20(18,19)12-7-10(15)6-11(16)13(12)14/h6-7,9H,2-5,8,16H2,1H3. The summed E-state index contributed by atoms with van der Waals surface area (Å²) in [5.74, 6) is 0.492. The van der Waals surface area contributed by atoms with Crippen molar-refractivity contribution >= 4 is 43.2 Å². The van der Waals surface area contributed by atoms with Gasteiger partial charge < -0.3 is 5.73 Å². The van der Waals surface area contributed by atoms with Crippen LogP contribution in [0.2, 0.25) is 5.02 Å². The molecule has 2 N–H and O–H groups in total. The molecule has 0 amide bonds. The largest absolute Gasteiger partial charge is 0.398 e. The fraction of sp³-hybridized carbons (Fsp3) is 0.538. The molecule has 0 aliphatic heterocycles. The Kier molecular flexibility index (Phi) is 5.00. The van der Waals surface area contributed by atoms with Gasteiger partial charge in [-0.1, -0.05) is 18.5 Å². The Morgan fingerprint density at radius 3 is 2.65 bits per heavy atom. The molecule has 0 radical (unpaired) electrons. The van der Waals surface area contributed by atoms with E-state index in [1.807, 2.05) is 6.92 Å². The van der Waals surface area contributed by atoms with Crippen molar-refractivity contribution < 1.29 is 8.42 Å². The van der Waals surface area contributed by atoms with Crippen LogP contribution in [0.4, 0.5) is 5.69 Å². The molecular formula is C13H18BrClN2O2S. The molecule has 1 fully saturated rings. The third-order valence-electron chi connectivity index (χ3n) is 3.28. The number of hydrogen-bond acceptors (Lipinski definition) is 3. The van der Waals surface area contributed by atoms with Crippen LogP contribution in [0.25, 0.3) is 0 Å². The Hall–Kier alpha value is -0.300. The Morgan fingerprint density at radius 1 is 1.45 bits per heavy atom. The van der Waals surface area contributed by atoms with Crippen LogP contribution in [0.3, 0.4) is 0 Å². The second kappa shape index (κ2) is 6.22. The minimum Gasteiger partial charge on any atom is -0.398 e. The second-order valence-electron chi connectivity index (χ2n) is 5.11. The molecule has 0 unspecified atom stereocenters. The first-order valence-corrected chi connectivity index (χ1v) is 9.22. The highest BCUT2D eigenvalue weighted by Crippen LogP contribution is 2.36. The zero-order valence-corrected chi connectivity index (χ0v) is 14.4. The number of nitrogens with zero attached hydrogens (tertiary/aromatic N) is 1. The molecule has 0 spiro atoms. The van der Waals surface area contributed by atoms with Crippen LogP contribution in [0.5, 0.6) is 0 Å². The lowest BCUT2D eigenvalue weighted by Crippen LogP contribution is -2.34. The Balaban J connectivity index is 2.40. The molecule has 1 saturated carbocycles. The molecule has 1 aromatic rings. The molecule has 1 aromatic carbocycles. The molecule has 1 aliphatic carbocycles. The third kappa shape index (κ3) is 3.47. The number of halogens is 2. The number of anilines is 1. The van der Waals surface area contributed by atoms with Crippen LogP contribution in [-0.4, -0.2) is 25.8 Å². The smallest absolute Gasteiger partial charge is 0.244 e. The summed E-state index contributed by atoms with van der Waals surface area (Å²) >= 11 is 9.21. The minimum absolute atomic E-state index is 0.150. The van der Waals surface area contributed by atoms with Crippen molar-refractivity contribution in [2.24, 2.45) is 5.92 Å². The first-order valence-electron chi connectivity index (χ1n) is 6.61. The van der Waals surface area contributed by atoms with Crippen LogP contribution in [0, 0.1) is 5.92 Å². The summed E-state index contributed by atoms with van der Waals surface area (Å²) < 4.78 is 27.5. The SMILES string of the molecule is CCCN(CC1CC1)S(=O)(=O)c1cc(Cl)cc(N)c1Br. The number of sulfonamides is 1. The van der Waals surface area contributed by atoms with Gasteiger partial charge >= 0.3 is 0 Å². The van der Waals surface area contributed by atoms with E-state index in [9.17, 15) is 8.42 Å². The van der Waals surface area contributed by atoms with Gasteiger partial charge in [-0.3, -0.25) is 0 Å². The van der Waals surface area contributed by atoms with Crippen molar-refractivity contribution in [1.82, 2.24) is 4.31 Å². The van der Waals surface area contributed by atoms with Gasteiger partial charge in [0.2, 0.25) is 10.0 Å². The lowest BCUT2D eigenvalue weighted by molar-refractivity contribution is 0.395. The molecule has 2 rings (SSSR count).